The van der Waals surface area contributed by atoms with E-state index in [2.05, 4.69) is 68.2 Å². The molecule has 4 saturated carbocycles. The Kier molecular flexibility index (Phi) is 12.0. The van der Waals surface area contributed by atoms with Crippen LogP contribution in [0.3, 0.4) is 0 Å². The third kappa shape index (κ3) is 8.01. The fourth-order valence-electron chi connectivity index (χ4n) is 14.2. The topological polar surface area (TPSA) is 151 Å². The normalized spacial score (nSPS) is 33.4. The van der Waals surface area contributed by atoms with E-state index >= 15 is 0 Å². The molecule has 0 aliphatic heterocycles. The summed E-state index contributed by atoms with van der Waals surface area (Å²) in [5.74, 6) is 0.552. The summed E-state index contributed by atoms with van der Waals surface area (Å²) in [7, 11) is 0. The molecule has 1 N–H and O–H groups in total. The number of Topliss-reactive ketones (excluding diaryl/α,β-unsaturated/α-hetero) is 2. The lowest BCUT2D eigenvalue weighted by Gasteiger charge is -2.71. The number of carbonyl (C=O) groups excluding carboxylic acids is 3. The number of aryl methyl sites for hydroxylation is 2. The lowest BCUT2D eigenvalue weighted by molar-refractivity contribution is -0.221. The van der Waals surface area contributed by atoms with Crippen LogP contribution in [-0.2, 0) is 40.6 Å². The van der Waals surface area contributed by atoms with Crippen molar-refractivity contribution in [1.82, 2.24) is 30.0 Å². The monoisotopic (exact) mass is 899 g/mol. The first-order valence-corrected chi connectivity index (χ1v) is 24.4. The second-order valence-corrected chi connectivity index (χ2v) is 22.9. The lowest BCUT2D eigenvalue weighted by Crippen LogP contribution is -2.66. The van der Waals surface area contributed by atoms with Crippen molar-refractivity contribution < 1.29 is 29.0 Å². The summed E-state index contributed by atoms with van der Waals surface area (Å²) in [5, 5.41) is 28.9. The molecule has 4 fully saturated rings. The molecule has 5 aliphatic rings. The van der Waals surface area contributed by atoms with Gasteiger partial charge in [0.15, 0.2) is 11.6 Å². The van der Waals surface area contributed by atoms with Gasteiger partial charge in [0.2, 0.25) is 0 Å². The molecule has 9 atom stereocenters. The largest absolute Gasteiger partial charge is 0.459 e. The highest BCUT2D eigenvalue weighted by atomic mass is 16.5. The van der Waals surface area contributed by atoms with Crippen LogP contribution in [0, 0.1) is 64.1 Å². The van der Waals surface area contributed by atoms with Crippen LogP contribution >= 0.6 is 0 Å². The van der Waals surface area contributed by atoms with E-state index in [0.29, 0.717) is 35.0 Å². The zero-order valence-corrected chi connectivity index (χ0v) is 40.4. The first-order valence-electron chi connectivity index (χ1n) is 24.4. The molecular weight excluding hydrogens is 829 g/mol. The number of aliphatic hydroxyl groups excluding tert-OH is 1. The second-order valence-electron chi connectivity index (χ2n) is 22.9. The number of carbonyl (C=O) groups is 3. The molecule has 0 saturated heterocycles. The third-order valence-corrected chi connectivity index (χ3v) is 18.4. The van der Waals surface area contributed by atoms with Crippen LogP contribution in [0.4, 0.5) is 0 Å². The number of aromatic nitrogens is 6. The number of hydrogen-bond donors (Lipinski definition) is 1. The van der Waals surface area contributed by atoms with Gasteiger partial charge in [0.25, 0.3) is 0 Å². The van der Waals surface area contributed by atoms with Gasteiger partial charge in [-0.25, -0.2) is 9.36 Å². The Morgan fingerprint density at radius 3 is 1.89 bits per heavy atom. The molecule has 66 heavy (non-hydrogen) atoms. The Hall–Kier alpha value is -4.81. The van der Waals surface area contributed by atoms with Crippen LogP contribution in [0.2, 0.25) is 0 Å². The van der Waals surface area contributed by atoms with Gasteiger partial charge in [0.05, 0.1) is 37.1 Å². The molecule has 0 spiro atoms. The summed E-state index contributed by atoms with van der Waals surface area (Å²) >= 11 is 0. The van der Waals surface area contributed by atoms with Gasteiger partial charge < -0.3 is 14.6 Å². The molecular formula is C54H70N6O6. The Labute approximate surface area is 390 Å². The number of aliphatic hydroxyl groups is 1. The highest BCUT2D eigenvalue weighted by molar-refractivity contribution is 5.96. The van der Waals surface area contributed by atoms with E-state index in [0.717, 1.165) is 75.3 Å². The molecule has 2 aromatic carbocycles. The van der Waals surface area contributed by atoms with Gasteiger partial charge in [0.1, 0.15) is 31.1 Å². The summed E-state index contributed by atoms with van der Waals surface area (Å²) in [6, 6.07) is 15.1. The Bertz CT molecular complexity index is 2510. The molecule has 0 radical (unpaired) electrons. The highest BCUT2D eigenvalue weighted by Gasteiger charge is 2.70. The van der Waals surface area contributed by atoms with Gasteiger partial charge in [-0.15, -0.1) is 10.2 Å². The fraction of sp³-hybridized carbons (Fsp3) is 0.611. The van der Waals surface area contributed by atoms with Crippen LogP contribution in [0.25, 0.3) is 0 Å². The minimum atomic E-state index is -0.602. The van der Waals surface area contributed by atoms with E-state index in [1.165, 1.54) is 10.3 Å². The predicted octanol–water partition coefficient (Wildman–Crippen LogP) is 9.65. The molecule has 0 unspecified atom stereocenters. The smallest absolute Gasteiger partial charge is 0.313 e. The van der Waals surface area contributed by atoms with Crippen molar-refractivity contribution in [2.75, 3.05) is 6.61 Å². The summed E-state index contributed by atoms with van der Waals surface area (Å²) in [6.07, 6.45) is 14.7. The molecule has 0 amide bonds. The van der Waals surface area contributed by atoms with Crippen LogP contribution in [0.15, 0.2) is 72.6 Å². The van der Waals surface area contributed by atoms with Gasteiger partial charge >= 0.3 is 5.97 Å². The first kappa shape index (κ1) is 46.3. The van der Waals surface area contributed by atoms with Crippen molar-refractivity contribution in [3.63, 3.8) is 0 Å². The standard InChI is InChI=1S/C54H70N6O6/c1-35-9-13-37(14-10-35)43(61)30-59-28-39(55-57-59)32-65-34-51(6)45-19-22-53(8)46(50(45,5)21-20-47(51)63)18-17-41-42-27-49(3,4)23-25-54(42,26-24-52(41,53)7)48(64)66-33-40-29-60(58-56-40)31-44(62)38-15-11-36(2)12-16-38/h9-17,28-29,42,45-47,63H,18-27,30-34H2,1-8H3/t42-,45+,46+,47-,50-,51-,52+,53+,54-/m0/s1. The maximum absolute atomic E-state index is 14.7. The first-order chi connectivity index (χ1) is 31.3. The van der Waals surface area contributed by atoms with E-state index in [1.807, 2.05) is 62.4 Å². The summed E-state index contributed by atoms with van der Waals surface area (Å²) in [4.78, 5) is 40.5. The number of ether oxygens (including phenoxy) is 2. The molecule has 12 heteroatoms. The van der Waals surface area contributed by atoms with Crippen molar-refractivity contribution in [2.24, 2.45) is 50.2 Å². The van der Waals surface area contributed by atoms with Crippen molar-refractivity contribution in [2.45, 2.75) is 152 Å². The molecule has 0 bridgehead atoms. The Morgan fingerprint density at radius 1 is 0.712 bits per heavy atom. The van der Waals surface area contributed by atoms with Gasteiger partial charge in [-0.3, -0.25) is 14.4 Å². The Balaban J connectivity index is 0.889. The van der Waals surface area contributed by atoms with Crippen LogP contribution in [-0.4, -0.2) is 65.3 Å². The number of rotatable bonds is 13. The third-order valence-electron chi connectivity index (χ3n) is 18.4. The van der Waals surface area contributed by atoms with Crippen molar-refractivity contribution in [1.29, 1.82) is 0 Å². The number of hydrogen-bond acceptors (Lipinski definition) is 10. The quantitative estimate of drug-likeness (QED) is 0.0781. The van der Waals surface area contributed by atoms with Gasteiger partial charge in [-0.1, -0.05) is 123 Å². The summed E-state index contributed by atoms with van der Waals surface area (Å²) in [6.45, 7) is 19.4. The average molecular weight is 899 g/mol. The number of esters is 1. The SMILES string of the molecule is Cc1ccc(C(=O)Cn2cc(COC[C@@]3(C)[C@@H]4CC[C@]5(C)[C@H](CC=C6[C@@H]7CC(C)(C)CC[C@]7(C(=O)OCc7cn(CC(=O)c8ccc(C)cc8)nn7)CC[C@]65C)[C@@]4(C)CC[C@@H]3O)nn2)cc1. The lowest BCUT2D eigenvalue weighted by atomic mass is 9.33. The van der Waals surface area contributed by atoms with Gasteiger partial charge in [-0.2, -0.15) is 0 Å². The minimum Gasteiger partial charge on any atom is -0.459 e. The van der Waals surface area contributed by atoms with E-state index in [9.17, 15) is 19.5 Å². The van der Waals surface area contributed by atoms with E-state index < -0.39 is 16.9 Å². The maximum atomic E-state index is 14.7. The van der Waals surface area contributed by atoms with E-state index in [-0.39, 0.29) is 77.3 Å². The number of fused-ring (bicyclic) bond motifs is 7. The molecule has 12 nitrogen and oxygen atoms in total. The fourth-order valence-corrected chi connectivity index (χ4v) is 14.2. The minimum absolute atomic E-state index is 0.00702. The molecule has 352 valence electrons. The zero-order valence-electron chi connectivity index (χ0n) is 40.4. The molecule has 2 aromatic heterocycles. The molecule has 5 aliphatic carbocycles. The highest BCUT2D eigenvalue weighted by Crippen LogP contribution is 2.76. The second kappa shape index (κ2) is 17.1. The summed E-state index contributed by atoms with van der Waals surface area (Å²) in [5.41, 5.74) is 5.08. The number of nitrogens with zero attached hydrogens (tertiary/aromatic N) is 6. The van der Waals surface area contributed by atoms with Gasteiger partial charge in [-0.05, 0) is 117 Å². The van der Waals surface area contributed by atoms with Crippen LogP contribution in [0.1, 0.15) is 149 Å². The van der Waals surface area contributed by atoms with E-state index in [4.69, 9.17) is 9.47 Å². The van der Waals surface area contributed by atoms with Crippen molar-refractivity contribution in [3.05, 3.63) is 106 Å². The van der Waals surface area contributed by atoms with E-state index in [1.54, 1.807) is 17.1 Å². The Morgan fingerprint density at radius 2 is 1.29 bits per heavy atom. The molecule has 2 heterocycles. The number of benzene rings is 2. The number of ketones is 2. The maximum Gasteiger partial charge on any atom is 0.313 e. The molecule has 4 aromatic rings. The predicted molar refractivity (Wildman–Crippen MR) is 250 cm³/mol. The zero-order chi connectivity index (χ0) is 46.9. The average Bonchev–Trinajstić information content (AvgIpc) is 3.93. The molecule has 9 rings (SSSR count). The van der Waals surface area contributed by atoms with Crippen molar-refractivity contribution >= 4 is 17.5 Å². The summed E-state index contributed by atoms with van der Waals surface area (Å²) < 4.78 is 15.8. The van der Waals surface area contributed by atoms with Crippen LogP contribution in [0.5, 0.6) is 0 Å². The van der Waals surface area contributed by atoms with Gasteiger partial charge in [0, 0.05) is 16.5 Å². The van der Waals surface area contributed by atoms with Crippen molar-refractivity contribution in [3.8, 4) is 0 Å². The number of allylic oxidation sites excluding steroid dienone is 2. The van der Waals surface area contributed by atoms with Crippen LogP contribution < -0.4 is 0 Å².